The molecule has 31 heavy (non-hydrogen) atoms. The summed E-state index contributed by atoms with van der Waals surface area (Å²) >= 11 is 0. The summed E-state index contributed by atoms with van der Waals surface area (Å²) in [6.45, 7) is 0.439. The van der Waals surface area contributed by atoms with Crippen LogP contribution in [0.5, 0.6) is 0 Å². The van der Waals surface area contributed by atoms with Gasteiger partial charge in [0.25, 0.3) is 11.5 Å². The van der Waals surface area contributed by atoms with E-state index < -0.39 is 17.5 Å². The van der Waals surface area contributed by atoms with E-state index in [4.69, 9.17) is 0 Å². The average Bonchev–Trinajstić information content (AvgIpc) is 3.17. The number of fused-ring (bicyclic) bond motifs is 2. The molecule has 1 amide bonds. The highest BCUT2D eigenvalue weighted by atomic mass is 19.2. The van der Waals surface area contributed by atoms with Crippen LogP contribution >= 0.6 is 0 Å². The molecule has 7 nitrogen and oxygen atoms in total. The molecule has 0 aliphatic carbocycles. The first-order chi connectivity index (χ1) is 15.0. The molecule has 0 atom stereocenters. The van der Waals surface area contributed by atoms with Crippen LogP contribution < -0.4 is 5.56 Å². The molecule has 0 bridgehead atoms. The maximum Gasteiger partial charge on any atom is 0.289 e. The molecule has 156 valence electrons. The summed E-state index contributed by atoms with van der Waals surface area (Å²) in [6.07, 6.45) is 0.939. The molecule has 0 spiro atoms. The zero-order valence-corrected chi connectivity index (χ0v) is 16.3. The number of halogens is 2. The SMILES string of the molecule is O=C(c1nc2cc(F)c(F)cc2[nH]1)N1CCc2nc(Cc3ccccc3)[nH]c(=O)c2C1. The number of aromatic amines is 2. The number of nitrogens with one attached hydrogen (secondary N) is 2. The molecule has 0 saturated carbocycles. The molecule has 1 aliphatic heterocycles. The Bertz CT molecular complexity index is 1320. The van der Waals surface area contributed by atoms with Gasteiger partial charge in [-0.15, -0.1) is 0 Å². The van der Waals surface area contributed by atoms with Gasteiger partial charge in [0.1, 0.15) is 5.82 Å². The summed E-state index contributed by atoms with van der Waals surface area (Å²) in [6, 6.07) is 11.6. The molecule has 5 rings (SSSR count). The predicted molar refractivity (Wildman–Crippen MR) is 109 cm³/mol. The Morgan fingerprint density at radius 2 is 1.84 bits per heavy atom. The van der Waals surface area contributed by atoms with Crippen molar-refractivity contribution in [3.05, 3.63) is 92.9 Å². The minimum Gasteiger partial charge on any atom is -0.334 e. The third-order valence-corrected chi connectivity index (χ3v) is 5.35. The maximum absolute atomic E-state index is 13.4. The minimum absolute atomic E-state index is 0.0338. The van der Waals surface area contributed by atoms with E-state index in [9.17, 15) is 18.4 Å². The fourth-order valence-electron chi connectivity index (χ4n) is 3.78. The van der Waals surface area contributed by atoms with E-state index >= 15 is 0 Å². The Labute approximate surface area is 174 Å². The van der Waals surface area contributed by atoms with Crippen LogP contribution in [-0.4, -0.2) is 37.3 Å². The number of hydrogen-bond donors (Lipinski definition) is 2. The van der Waals surface area contributed by atoms with Crippen molar-refractivity contribution in [2.45, 2.75) is 19.4 Å². The number of H-pyrrole nitrogens is 2. The quantitative estimate of drug-likeness (QED) is 0.532. The highest BCUT2D eigenvalue weighted by Gasteiger charge is 2.27. The van der Waals surface area contributed by atoms with Gasteiger partial charge >= 0.3 is 0 Å². The van der Waals surface area contributed by atoms with Crippen molar-refractivity contribution in [1.82, 2.24) is 24.8 Å². The molecule has 4 aromatic rings. The van der Waals surface area contributed by atoms with E-state index in [1.807, 2.05) is 30.3 Å². The second kappa shape index (κ2) is 7.42. The number of hydrogen-bond acceptors (Lipinski definition) is 4. The van der Waals surface area contributed by atoms with Crippen LogP contribution in [-0.2, 0) is 19.4 Å². The van der Waals surface area contributed by atoms with E-state index in [0.717, 1.165) is 17.7 Å². The number of imidazole rings is 1. The minimum atomic E-state index is -1.03. The molecule has 0 saturated heterocycles. The van der Waals surface area contributed by atoms with Crippen molar-refractivity contribution in [1.29, 1.82) is 0 Å². The summed E-state index contributed by atoms with van der Waals surface area (Å²) < 4.78 is 26.9. The maximum atomic E-state index is 13.4. The first kappa shape index (κ1) is 19.1. The average molecular weight is 421 g/mol. The van der Waals surface area contributed by atoms with Crippen LogP contribution in [0.25, 0.3) is 11.0 Å². The van der Waals surface area contributed by atoms with Gasteiger partial charge < -0.3 is 14.9 Å². The Balaban J connectivity index is 1.39. The highest BCUT2D eigenvalue weighted by molar-refractivity contribution is 5.94. The fraction of sp³-hybridized carbons (Fsp3) is 0.182. The smallest absolute Gasteiger partial charge is 0.289 e. The largest absolute Gasteiger partial charge is 0.334 e. The molecule has 2 aromatic carbocycles. The van der Waals surface area contributed by atoms with Gasteiger partial charge in [0, 0.05) is 31.5 Å². The number of nitrogens with zero attached hydrogens (tertiary/aromatic N) is 3. The van der Waals surface area contributed by atoms with Gasteiger partial charge in [-0.1, -0.05) is 30.3 Å². The zero-order chi connectivity index (χ0) is 21.5. The van der Waals surface area contributed by atoms with Crippen LogP contribution in [0.2, 0.25) is 0 Å². The van der Waals surface area contributed by atoms with Crippen LogP contribution in [0.3, 0.4) is 0 Å². The lowest BCUT2D eigenvalue weighted by Gasteiger charge is -2.27. The van der Waals surface area contributed by atoms with Gasteiger partial charge in [0.15, 0.2) is 17.5 Å². The number of amides is 1. The van der Waals surface area contributed by atoms with Crippen LogP contribution in [0, 0.1) is 11.6 Å². The van der Waals surface area contributed by atoms with E-state index in [0.29, 0.717) is 36.5 Å². The van der Waals surface area contributed by atoms with Gasteiger partial charge in [-0.2, -0.15) is 0 Å². The van der Waals surface area contributed by atoms with Crippen molar-refractivity contribution >= 4 is 16.9 Å². The lowest BCUT2D eigenvalue weighted by molar-refractivity contribution is 0.0721. The molecule has 9 heteroatoms. The third kappa shape index (κ3) is 3.58. The summed E-state index contributed by atoms with van der Waals surface area (Å²) in [4.78, 5) is 41.2. The standard InChI is InChI=1S/C22H17F2N5O2/c23-14-9-17-18(10-15(14)24)27-20(26-17)22(31)29-7-6-16-13(11-29)21(30)28-19(25-16)8-12-4-2-1-3-5-12/h1-5,9-10H,6-8,11H2,(H,26,27)(H,25,28,30). The number of carbonyl (C=O) groups is 1. The molecule has 0 fully saturated rings. The number of carbonyl (C=O) groups excluding carboxylic acids is 1. The molecular weight excluding hydrogens is 404 g/mol. The summed E-state index contributed by atoms with van der Waals surface area (Å²) in [7, 11) is 0. The van der Waals surface area contributed by atoms with Crippen molar-refractivity contribution in [2.75, 3.05) is 6.54 Å². The Morgan fingerprint density at radius 3 is 2.65 bits per heavy atom. The van der Waals surface area contributed by atoms with Crippen LogP contribution in [0.15, 0.2) is 47.3 Å². The normalized spacial score (nSPS) is 13.4. The molecule has 0 radical (unpaired) electrons. The topological polar surface area (TPSA) is 94.7 Å². The zero-order valence-electron chi connectivity index (χ0n) is 16.3. The summed E-state index contributed by atoms with van der Waals surface area (Å²) in [5.74, 6) is -1.96. The first-order valence-corrected chi connectivity index (χ1v) is 9.77. The predicted octanol–water partition coefficient (Wildman–Crippen LogP) is 2.71. The third-order valence-electron chi connectivity index (χ3n) is 5.35. The van der Waals surface area contributed by atoms with E-state index in [2.05, 4.69) is 19.9 Å². The van der Waals surface area contributed by atoms with Crippen molar-refractivity contribution < 1.29 is 13.6 Å². The monoisotopic (exact) mass is 421 g/mol. The first-order valence-electron chi connectivity index (χ1n) is 9.77. The van der Waals surface area contributed by atoms with E-state index in [1.54, 1.807) is 0 Å². The van der Waals surface area contributed by atoms with Gasteiger partial charge in [-0.25, -0.2) is 18.7 Å². The molecule has 2 aromatic heterocycles. The van der Waals surface area contributed by atoms with E-state index in [-0.39, 0.29) is 29.0 Å². The number of aromatic nitrogens is 4. The summed E-state index contributed by atoms with van der Waals surface area (Å²) in [5.41, 5.74) is 2.25. The van der Waals surface area contributed by atoms with E-state index in [1.165, 1.54) is 4.90 Å². The number of rotatable bonds is 3. The Kier molecular flexibility index (Phi) is 4.58. The second-order valence-electron chi connectivity index (χ2n) is 7.45. The highest BCUT2D eigenvalue weighted by Crippen LogP contribution is 2.20. The van der Waals surface area contributed by atoms with Gasteiger partial charge in [-0.05, 0) is 5.56 Å². The molecule has 2 N–H and O–H groups in total. The van der Waals surface area contributed by atoms with Gasteiger partial charge in [-0.3, -0.25) is 9.59 Å². The number of benzene rings is 2. The van der Waals surface area contributed by atoms with Crippen LogP contribution in [0.4, 0.5) is 8.78 Å². The van der Waals surface area contributed by atoms with Crippen LogP contribution in [0.1, 0.15) is 33.3 Å². The van der Waals surface area contributed by atoms with Gasteiger partial charge in [0.05, 0.1) is 28.8 Å². The molecule has 1 aliphatic rings. The molecular formula is C22H17F2N5O2. The Morgan fingerprint density at radius 1 is 1.06 bits per heavy atom. The molecule has 3 heterocycles. The van der Waals surface area contributed by atoms with Crippen molar-refractivity contribution in [2.24, 2.45) is 0 Å². The second-order valence-corrected chi connectivity index (χ2v) is 7.45. The summed E-state index contributed by atoms with van der Waals surface area (Å²) in [5, 5.41) is 0. The lowest BCUT2D eigenvalue weighted by atomic mass is 10.1. The van der Waals surface area contributed by atoms with Gasteiger partial charge in [0.2, 0.25) is 0 Å². The Hall–Kier alpha value is -3.88. The fourth-order valence-corrected chi connectivity index (χ4v) is 3.78. The molecule has 0 unspecified atom stereocenters. The van der Waals surface area contributed by atoms with Crippen molar-refractivity contribution in [3.8, 4) is 0 Å². The lowest BCUT2D eigenvalue weighted by Crippen LogP contribution is -2.40. The van der Waals surface area contributed by atoms with Crippen molar-refractivity contribution in [3.63, 3.8) is 0 Å².